The highest BCUT2D eigenvalue weighted by Crippen LogP contribution is 2.00. The molecule has 76 valence electrons. The van der Waals surface area contributed by atoms with E-state index in [4.69, 9.17) is 5.11 Å². The number of hydrogen-bond donors (Lipinski definition) is 3. The molecule has 0 spiro atoms. The standard InChI is InChI=1S/C8H16N2O3/c1-6(8(13)9-2)5-7(12)10-3-4-11/h6,11H,3-5H2,1-2H3,(H,9,13)(H,10,12). The van der Waals surface area contributed by atoms with Crippen LogP contribution in [-0.2, 0) is 9.59 Å². The topological polar surface area (TPSA) is 78.4 Å². The lowest BCUT2D eigenvalue weighted by Crippen LogP contribution is -2.32. The van der Waals surface area contributed by atoms with Gasteiger partial charge in [0.2, 0.25) is 11.8 Å². The Hall–Kier alpha value is -1.10. The van der Waals surface area contributed by atoms with Crippen LogP contribution in [0, 0.1) is 5.92 Å². The minimum absolute atomic E-state index is 0.0832. The smallest absolute Gasteiger partial charge is 0.223 e. The van der Waals surface area contributed by atoms with Gasteiger partial charge in [-0.1, -0.05) is 6.92 Å². The van der Waals surface area contributed by atoms with Crippen LogP contribution in [0.1, 0.15) is 13.3 Å². The minimum atomic E-state index is -0.330. The first-order valence-electron chi connectivity index (χ1n) is 4.21. The number of carbonyl (C=O) groups is 2. The molecule has 0 aliphatic rings. The molecule has 13 heavy (non-hydrogen) atoms. The first kappa shape index (κ1) is 11.9. The molecule has 0 aromatic heterocycles. The van der Waals surface area contributed by atoms with E-state index in [-0.39, 0.29) is 37.3 Å². The Morgan fingerprint density at radius 1 is 1.46 bits per heavy atom. The predicted molar refractivity (Wildman–Crippen MR) is 47.9 cm³/mol. The summed E-state index contributed by atoms with van der Waals surface area (Å²) in [6.45, 7) is 1.83. The number of aliphatic hydroxyl groups is 1. The zero-order valence-corrected chi connectivity index (χ0v) is 7.96. The molecule has 1 atom stereocenters. The summed E-state index contributed by atoms with van der Waals surface area (Å²) in [4.78, 5) is 22.0. The van der Waals surface area contributed by atoms with Crippen LogP contribution >= 0.6 is 0 Å². The molecule has 1 unspecified atom stereocenters. The summed E-state index contributed by atoms with van der Waals surface area (Å²) in [5, 5.41) is 13.3. The van der Waals surface area contributed by atoms with Crippen molar-refractivity contribution >= 4 is 11.8 Å². The number of carbonyl (C=O) groups excluding carboxylic acids is 2. The molecule has 0 aromatic rings. The summed E-state index contributed by atoms with van der Waals surface area (Å²) in [6, 6.07) is 0. The maximum absolute atomic E-state index is 11.0. The summed E-state index contributed by atoms with van der Waals surface area (Å²) < 4.78 is 0. The Kier molecular flexibility index (Phi) is 5.88. The van der Waals surface area contributed by atoms with Gasteiger partial charge >= 0.3 is 0 Å². The van der Waals surface area contributed by atoms with Crippen molar-refractivity contribution in [1.82, 2.24) is 10.6 Å². The molecule has 0 fully saturated rings. The average molecular weight is 188 g/mol. The van der Waals surface area contributed by atoms with Crippen molar-refractivity contribution in [3.63, 3.8) is 0 Å². The Balaban J connectivity index is 3.71. The van der Waals surface area contributed by atoms with E-state index in [0.29, 0.717) is 0 Å². The molecule has 0 radical (unpaired) electrons. The molecule has 5 heteroatoms. The third kappa shape index (κ3) is 5.19. The first-order chi connectivity index (χ1) is 6.11. The van der Waals surface area contributed by atoms with Gasteiger partial charge in [-0.25, -0.2) is 0 Å². The third-order valence-electron chi connectivity index (χ3n) is 1.62. The quantitative estimate of drug-likeness (QED) is 0.510. The first-order valence-corrected chi connectivity index (χ1v) is 4.21. The SMILES string of the molecule is CNC(=O)C(C)CC(=O)NCCO. The molecule has 0 aliphatic heterocycles. The van der Waals surface area contributed by atoms with Gasteiger partial charge < -0.3 is 15.7 Å². The maximum Gasteiger partial charge on any atom is 0.223 e. The second-order valence-corrected chi connectivity index (χ2v) is 2.79. The van der Waals surface area contributed by atoms with E-state index in [1.807, 2.05) is 0 Å². The van der Waals surface area contributed by atoms with E-state index in [0.717, 1.165) is 0 Å². The summed E-state index contributed by atoms with van der Waals surface area (Å²) >= 11 is 0. The Morgan fingerprint density at radius 2 is 2.08 bits per heavy atom. The molecule has 0 bridgehead atoms. The van der Waals surface area contributed by atoms with Gasteiger partial charge in [0.1, 0.15) is 0 Å². The molecule has 2 amide bonds. The summed E-state index contributed by atoms with van der Waals surface area (Å²) in [6.07, 6.45) is 0.152. The maximum atomic E-state index is 11.0. The highest BCUT2D eigenvalue weighted by atomic mass is 16.3. The molecule has 0 aromatic carbocycles. The molecule has 0 heterocycles. The van der Waals surface area contributed by atoms with Gasteiger partial charge in [0.05, 0.1) is 6.61 Å². The molecule has 0 aliphatic carbocycles. The van der Waals surface area contributed by atoms with Crippen LogP contribution in [0.25, 0.3) is 0 Å². The van der Waals surface area contributed by atoms with Crippen LogP contribution in [0.3, 0.4) is 0 Å². The number of aliphatic hydroxyl groups excluding tert-OH is 1. The normalized spacial score (nSPS) is 11.9. The van der Waals surface area contributed by atoms with Crippen LogP contribution in [0.4, 0.5) is 0 Å². The van der Waals surface area contributed by atoms with Gasteiger partial charge in [0.25, 0.3) is 0 Å². The Morgan fingerprint density at radius 3 is 2.54 bits per heavy atom. The zero-order chi connectivity index (χ0) is 10.3. The zero-order valence-electron chi connectivity index (χ0n) is 7.96. The van der Waals surface area contributed by atoms with Gasteiger partial charge in [-0.3, -0.25) is 9.59 Å². The van der Waals surface area contributed by atoms with Gasteiger partial charge in [0, 0.05) is 25.9 Å². The van der Waals surface area contributed by atoms with E-state index in [2.05, 4.69) is 10.6 Å². The van der Waals surface area contributed by atoms with Gasteiger partial charge in [-0.05, 0) is 0 Å². The Labute approximate surface area is 77.5 Å². The van der Waals surface area contributed by atoms with E-state index >= 15 is 0 Å². The van der Waals surface area contributed by atoms with Crippen molar-refractivity contribution < 1.29 is 14.7 Å². The monoisotopic (exact) mass is 188 g/mol. The lowest BCUT2D eigenvalue weighted by atomic mass is 10.1. The van der Waals surface area contributed by atoms with E-state index < -0.39 is 0 Å². The number of nitrogens with one attached hydrogen (secondary N) is 2. The summed E-state index contributed by atoms with van der Waals surface area (Å²) in [7, 11) is 1.53. The lowest BCUT2D eigenvalue weighted by Gasteiger charge is -2.09. The van der Waals surface area contributed by atoms with Gasteiger partial charge in [0.15, 0.2) is 0 Å². The second-order valence-electron chi connectivity index (χ2n) is 2.79. The molecule has 5 nitrogen and oxygen atoms in total. The fourth-order valence-corrected chi connectivity index (χ4v) is 0.885. The molecule has 3 N–H and O–H groups in total. The van der Waals surface area contributed by atoms with Crippen molar-refractivity contribution in [2.75, 3.05) is 20.2 Å². The van der Waals surface area contributed by atoms with Crippen LogP contribution in [0.2, 0.25) is 0 Å². The Bertz CT molecular complexity index is 182. The van der Waals surface area contributed by atoms with Crippen LogP contribution in [0.5, 0.6) is 0 Å². The van der Waals surface area contributed by atoms with Crippen molar-refractivity contribution in [3.05, 3.63) is 0 Å². The third-order valence-corrected chi connectivity index (χ3v) is 1.62. The van der Waals surface area contributed by atoms with Crippen molar-refractivity contribution in [2.24, 2.45) is 5.92 Å². The highest BCUT2D eigenvalue weighted by Gasteiger charge is 2.14. The number of hydrogen-bond acceptors (Lipinski definition) is 3. The molecule has 0 saturated heterocycles. The van der Waals surface area contributed by atoms with Gasteiger partial charge in [-0.15, -0.1) is 0 Å². The molecule has 0 rings (SSSR count). The minimum Gasteiger partial charge on any atom is -0.395 e. The van der Waals surface area contributed by atoms with E-state index in [1.54, 1.807) is 6.92 Å². The molecular weight excluding hydrogens is 172 g/mol. The van der Waals surface area contributed by atoms with Crippen molar-refractivity contribution in [3.8, 4) is 0 Å². The summed E-state index contributed by atoms with van der Waals surface area (Å²) in [5.74, 6) is -0.701. The average Bonchev–Trinajstić information content (AvgIpc) is 2.13. The largest absolute Gasteiger partial charge is 0.395 e. The molecular formula is C8H16N2O3. The fourth-order valence-electron chi connectivity index (χ4n) is 0.885. The summed E-state index contributed by atoms with van der Waals surface area (Å²) in [5.41, 5.74) is 0. The number of amides is 2. The van der Waals surface area contributed by atoms with E-state index in [1.165, 1.54) is 7.05 Å². The predicted octanol–water partition coefficient (Wildman–Crippen LogP) is -1.13. The number of rotatable bonds is 5. The lowest BCUT2D eigenvalue weighted by molar-refractivity contribution is -0.129. The second kappa shape index (κ2) is 6.42. The van der Waals surface area contributed by atoms with Crippen LogP contribution in [-0.4, -0.2) is 37.1 Å². The van der Waals surface area contributed by atoms with Crippen molar-refractivity contribution in [1.29, 1.82) is 0 Å². The molecule has 0 saturated carbocycles. The van der Waals surface area contributed by atoms with Crippen LogP contribution < -0.4 is 10.6 Å². The van der Waals surface area contributed by atoms with Crippen molar-refractivity contribution in [2.45, 2.75) is 13.3 Å². The highest BCUT2D eigenvalue weighted by molar-refractivity contribution is 5.85. The fraction of sp³-hybridized carbons (Fsp3) is 0.750. The van der Waals surface area contributed by atoms with Gasteiger partial charge in [-0.2, -0.15) is 0 Å². The van der Waals surface area contributed by atoms with Crippen LogP contribution in [0.15, 0.2) is 0 Å². The van der Waals surface area contributed by atoms with E-state index in [9.17, 15) is 9.59 Å².